The van der Waals surface area contributed by atoms with Gasteiger partial charge in [0.25, 0.3) is 0 Å². The van der Waals surface area contributed by atoms with Crippen molar-refractivity contribution in [2.75, 3.05) is 26.2 Å². The molecule has 25 heavy (non-hydrogen) atoms. The van der Waals surface area contributed by atoms with Crippen LogP contribution >= 0.6 is 35.6 Å². The molecule has 0 saturated heterocycles. The van der Waals surface area contributed by atoms with Crippen molar-refractivity contribution in [3.05, 3.63) is 59.4 Å². The molecule has 2 N–H and O–H groups in total. The minimum absolute atomic E-state index is 0. The molecule has 136 valence electrons. The smallest absolute Gasteiger partial charge is 0.191 e. The van der Waals surface area contributed by atoms with Gasteiger partial charge in [0.15, 0.2) is 5.96 Å². The van der Waals surface area contributed by atoms with Crippen molar-refractivity contribution in [2.45, 2.75) is 13.3 Å². The van der Waals surface area contributed by atoms with Gasteiger partial charge in [0.1, 0.15) is 12.4 Å². The minimum atomic E-state index is 0. The summed E-state index contributed by atoms with van der Waals surface area (Å²) in [5.74, 6) is 1.59. The fourth-order valence-corrected chi connectivity index (χ4v) is 2.17. The fourth-order valence-electron chi connectivity index (χ4n) is 2.04. The molecule has 0 spiro atoms. The Hall–Kier alpha value is -1.54. The van der Waals surface area contributed by atoms with Gasteiger partial charge in [-0.3, -0.25) is 9.98 Å². The molecular formula is C18H24ClIN4O. The number of benzene rings is 1. The number of guanidine groups is 1. The van der Waals surface area contributed by atoms with E-state index in [0.29, 0.717) is 24.7 Å². The lowest BCUT2D eigenvalue weighted by molar-refractivity contribution is 0.322. The highest BCUT2D eigenvalue weighted by atomic mass is 127. The molecule has 5 nitrogen and oxygen atoms in total. The van der Waals surface area contributed by atoms with Crippen LogP contribution in [0.25, 0.3) is 0 Å². The molecule has 1 aromatic heterocycles. The van der Waals surface area contributed by atoms with Gasteiger partial charge < -0.3 is 15.4 Å². The number of ether oxygens (including phenoxy) is 1. The van der Waals surface area contributed by atoms with Crippen LogP contribution < -0.4 is 15.4 Å². The largest absolute Gasteiger partial charge is 0.492 e. The van der Waals surface area contributed by atoms with Crippen molar-refractivity contribution in [1.82, 2.24) is 15.6 Å². The topological polar surface area (TPSA) is 58.5 Å². The van der Waals surface area contributed by atoms with Crippen molar-refractivity contribution in [3.63, 3.8) is 0 Å². The summed E-state index contributed by atoms with van der Waals surface area (Å²) in [6.45, 7) is 4.75. The lowest BCUT2D eigenvalue weighted by Crippen LogP contribution is -2.39. The molecule has 0 unspecified atom stereocenters. The monoisotopic (exact) mass is 474 g/mol. The zero-order chi connectivity index (χ0) is 17.0. The molecule has 0 atom stereocenters. The van der Waals surface area contributed by atoms with Crippen LogP contribution in [-0.4, -0.2) is 37.2 Å². The molecule has 0 fully saturated rings. The number of hydrogen-bond donors (Lipinski definition) is 2. The van der Waals surface area contributed by atoms with Crippen molar-refractivity contribution < 1.29 is 4.74 Å². The average molecular weight is 475 g/mol. The molecule has 0 bridgehead atoms. The van der Waals surface area contributed by atoms with Crippen LogP contribution in [0.3, 0.4) is 0 Å². The van der Waals surface area contributed by atoms with Crippen molar-refractivity contribution >= 4 is 41.5 Å². The van der Waals surface area contributed by atoms with Crippen LogP contribution in [0.2, 0.25) is 5.02 Å². The first-order chi connectivity index (χ1) is 11.8. The summed E-state index contributed by atoms with van der Waals surface area (Å²) in [7, 11) is 0. The number of nitrogens with zero attached hydrogens (tertiary/aromatic N) is 2. The second kappa shape index (κ2) is 12.8. The molecule has 7 heteroatoms. The highest BCUT2D eigenvalue weighted by molar-refractivity contribution is 14.0. The molecular weight excluding hydrogens is 451 g/mol. The van der Waals surface area contributed by atoms with Crippen LogP contribution in [0.15, 0.2) is 53.7 Å². The van der Waals surface area contributed by atoms with E-state index in [9.17, 15) is 0 Å². The van der Waals surface area contributed by atoms with Crippen LogP contribution in [0.1, 0.15) is 12.6 Å². The third-order valence-electron chi connectivity index (χ3n) is 3.19. The standard InChI is InChI=1S/C18H23ClN4O.HI/c1-2-20-18(22-12-10-16-5-3-4-11-21-16)23-13-14-24-17-8-6-15(19)7-9-17;/h3-9,11H,2,10,12-14H2,1H3,(H2,20,22,23);1H. The van der Waals surface area contributed by atoms with Gasteiger partial charge in [-0.25, -0.2) is 0 Å². The lowest BCUT2D eigenvalue weighted by atomic mass is 10.3. The van der Waals surface area contributed by atoms with E-state index in [2.05, 4.69) is 20.6 Å². The number of rotatable bonds is 8. The first-order valence-electron chi connectivity index (χ1n) is 8.08. The van der Waals surface area contributed by atoms with Crippen molar-refractivity contribution in [1.29, 1.82) is 0 Å². The number of aromatic nitrogens is 1. The molecule has 1 aromatic carbocycles. The SMILES string of the molecule is CCNC(=NCCc1ccccn1)NCCOc1ccc(Cl)cc1.I. The van der Waals surface area contributed by atoms with Gasteiger partial charge in [-0.1, -0.05) is 17.7 Å². The number of hydrogen-bond acceptors (Lipinski definition) is 3. The third kappa shape index (κ3) is 8.92. The first kappa shape index (κ1) is 21.5. The second-order valence-corrected chi connectivity index (χ2v) is 5.50. The van der Waals surface area contributed by atoms with E-state index in [1.165, 1.54) is 0 Å². The summed E-state index contributed by atoms with van der Waals surface area (Å²) in [6.07, 6.45) is 2.62. The maximum Gasteiger partial charge on any atom is 0.191 e. The number of pyridine rings is 1. The highest BCUT2D eigenvalue weighted by Crippen LogP contribution is 2.15. The van der Waals surface area contributed by atoms with E-state index in [-0.39, 0.29) is 24.0 Å². The molecule has 0 aliphatic rings. The van der Waals surface area contributed by atoms with Crippen LogP contribution in [0, 0.1) is 0 Å². The molecule has 0 aliphatic heterocycles. The lowest BCUT2D eigenvalue weighted by Gasteiger charge is -2.12. The number of halogens is 2. The molecule has 0 aliphatic carbocycles. The Labute approximate surface area is 171 Å². The minimum Gasteiger partial charge on any atom is -0.492 e. The maximum absolute atomic E-state index is 5.85. The van der Waals surface area contributed by atoms with E-state index in [4.69, 9.17) is 16.3 Å². The Morgan fingerprint density at radius 2 is 1.96 bits per heavy atom. The van der Waals surface area contributed by atoms with E-state index in [1.54, 1.807) is 6.20 Å². The van der Waals surface area contributed by atoms with Gasteiger partial charge in [0.05, 0.1) is 6.54 Å². The molecule has 2 aromatic rings. The van der Waals surface area contributed by atoms with Crippen LogP contribution in [0.5, 0.6) is 5.75 Å². The summed E-state index contributed by atoms with van der Waals surface area (Å²) in [6, 6.07) is 13.3. The normalized spacial score (nSPS) is 10.7. The summed E-state index contributed by atoms with van der Waals surface area (Å²) in [5.41, 5.74) is 1.04. The van der Waals surface area contributed by atoms with E-state index >= 15 is 0 Å². The molecule has 2 rings (SSSR count). The van der Waals surface area contributed by atoms with Gasteiger partial charge in [-0.2, -0.15) is 0 Å². The zero-order valence-electron chi connectivity index (χ0n) is 14.2. The highest BCUT2D eigenvalue weighted by Gasteiger charge is 1.99. The fraction of sp³-hybridized carbons (Fsp3) is 0.333. The molecule has 0 amide bonds. The summed E-state index contributed by atoms with van der Waals surface area (Å²) in [5, 5.41) is 7.18. The van der Waals surface area contributed by atoms with Crippen molar-refractivity contribution in [3.8, 4) is 5.75 Å². The molecule has 1 heterocycles. The van der Waals surface area contributed by atoms with Gasteiger partial charge in [0.2, 0.25) is 0 Å². The van der Waals surface area contributed by atoms with Gasteiger partial charge in [-0.05, 0) is 43.3 Å². The van der Waals surface area contributed by atoms with Crippen molar-refractivity contribution in [2.24, 2.45) is 4.99 Å². The zero-order valence-corrected chi connectivity index (χ0v) is 17.3. The first-order valence-corrected chi connectivity index (χ1v) is 8.46. The Morgan fingerprint density at radius 3 is 2.64 bits per heavy atom. The van der Waals surface area contributed by atoms with Crippen LogP contribution in [-0.2, 0) is 6.42 Å². The van der Waals surface area contributed by atoms with Crippen LogP contribution in [0.4, 0.5) is 0 Å². The third-order valence-corrected chi connectivity index (χ3v) is 3.44. The molecule has 0 saturated carbocycles. The quantitative estimate of drug-likeness (QED) is 0.266. The summed E-state index contributed by atoms with van der Waals surface area (Å²) in [4.78, 5) is 8.84. The van der Waals surface area contributed by atoms with E-state index in [1.807, 2.05) is 49.4 Å². The van der Waals surface area contributed by atoms with Gasteiger partial charge in [0, 0.05) is 36.4 Å². The predicted molar refractivity (Wildman–Crippen MR) is 114 cm³/mol. The predicted octanol–water partition coefficient (Wildman–Crippen LogP) is 3.53. The Balaban J connectivity index is 0.00000312. The number of nitrogens with one attached hydrogen (secondary N) is 2. The average Bonchev–Trinajstić information content (AvgIpc) is 2.61. The van der Waals surface area contributed by atoms with E-state index in [0.717, 1.165) is 30.4 Å². The Kier molecular flexibility index (Phi) is 11.0. The summed E-state index contributed by atoms with van der Waals surface area (Å²) < 4.78 is 5.65. The van der Waals surface area contributed by atoms with Gasteiger partial charge in [-0.15, -0.1) is 24.0 Å². The Morgan fingerprint density at radius 1 is 1.16 bits per heavy atom. The summed E-state index contributed by atoms with van der Waals surface area (Å²) >= 11 is 5.85. The number of aliphatic imine (C=N–C) groups is 1. The molecule has 0 radical (unpaired) electrons. The second-order valence-electron chi connectivity index (χ2n) is 5.06. The van der Waals surface area contributed by atoms with Gasteiger partial charge >= 0.3 is 0 Å². The Bertz CT molecular complexity index is 623. The maximum atomic E-state index is 5.85. The van der Waals surface area contributed by atoms with E-state index < -0.39 is 0 Å².